The minimum absolute atomic E-state index is 0.289. The third kappa shape index (κ3) is 1.75. The fraction of sp³-hybridized carbons (Fsp3) is 0.667. The lowest BCUT2D eigenvalue weighted by Crippen LogP contribution is -2.42. The summed E-state index contributed by atoms with van der Waals surface area (Å²) < 4.78 is 36.1. The van der Waals surface area contributed by atoms with Crippen molar-refractivity contribution >= 4 is 11.6 Å². The molecule has 0 saturated carbocycles. The van der Waals surface area contributed by atoms with Crippen LogP contribution in [-0.2, 0) is 4.79 Å². The van der Waals surface area contributed by atoms with E-state index >= 15 is 0 Å². The Balaban J connectivity index is 2.80. The van der Waals surface area contributed by atoms with E-state index in [-0.39, 0.29) is 12.1 Å². The molecular formula is C6H7F3N2O. The first-order valence-corrected chi connectivity index (χ1v) is 3.31. The first kappa shape index (κ1) is 9.02. The Hall–Kier alpha value is -1.07. The van der Waals surface area contributed by atoms with Crippen molar-refractivity contribution in [2.24, 2.45) is 11.0 Å². The number of alkyl halides is 3. The zero-order chi connectivity index (χ0) is 9.35. The molecule has 0 aromatic carbocycles. The number of hydrazone groups is 1. The van der Waals surface area contributed by atoms with Gasteiger partial charge in [-0.1, -0.05) is 0 Å². The molecule has 3 nitrogen and oxygen atoms in total. The van der Waals surface area contributed by atoms with Gasteiger partial charge in [-0.3, -0.25) is 4.79 Å². The molecule has 0 radical (unpaired) electrons. The number of halogens is 3. The van der Waals surface area contributed by atoms with E-state index in [4.69, 9.17) is 0 Å². The zero-order valence-corrected chi connectivity index (χ0v) is 6.27. The van der Waals surface area contributed by atoms with Crippen molar-refractivity contribution in [2.75, 3.05) is 0 Å². The molecule has 1 atom stereocenters. The summed E-state index contributed by atoms with van der Waals surface area (Å²) in [5.74, 6) is -3.01. The SMILES string of the molecule is CC1=NNC(=O)C(C(F)(F)F)C1. The van der Waals surface area contributed by atoms with Crippen molar-refractivity contribution in [3.05, 3.63) is 0 Å². The van der Waals surface area contributed by atoms with Crippen LogP contribution in [0.1, 0.15) is 13.3 Å². The summed E-state index contributed by atoms with van der Waals surface area (Å²) >= 11 is 0. The standard InChI is InChI=1S/C6H7F3N2O/c1-3-2-4(6(7,8)9)5(12)11-10-3/h4H,2H2,1H3,(H,11,12). The number of amides is 1. The number of nitrogens with one attached hydrogen (secondary N) is 1. The van der Waals surface area contributed by atoms with Gasteiger partial charge in [0.2, 0.25) is 0 Å². The smallest absolute Gasteiger partial charge is 0.272 e. The van der Waals surface area contributed by atoms with E-state index in [0.29, 0.717) is 0 Å². The van der Waals surface area contributed by atoms with Crippen LogP contribution in [0.3, 0.4) is 0 Å². The molecule has 0 fully saturated rings. The van der Waals surface area contributed by atoms with Crippen LogP contribution in [0.2, 0.25) is 0 Å². The summed E-state index contributed by atoms with van der Waals surface area (Å²) in [5.41, 5.74) is 2.11. The second kappa shape index (κ2) is 2.76. The summed E-state index contributed by atoms with van der Waals surface area (Å²) in [6.07, 6.45) is -4.81. The second-order valence-corrected chi connectivity index (χ2v) is 2.62. The topological polar surface area (TPSA) is 41.5 Å². The summed E-state index contributed by atoms with van der Waals surface area (Å²) in [5, 5.41) is 3.39. The van der Waals surface area contributed by atoms with Crippen molar-refractivity contribution in [1.29, 1.82) is 0 Å². The Bertz CT molecular complexity index is 233. The number of carbonyl (C=O) groups is 1. The normalized spacial score (nSPS) is 24.8. The van der Waals surface area contributed by atoms with Crippen molar-refractivity contribution in [1.82, 2.24) is 5.43 Å². The molecule has 0 aromatic rings. The van der Waals surface area contributed by atoms with Gasteiger partial charge < -0.3 is 0 Å². The summed E-state index contributed by atoms with van der Waals surface area (Å²) in [6.45, 7) is 1.44. The van der Waals surface area contributed by atoms with Crippen LogP contribution in [-0.4, -0.2) is 17.8 Å². The molecular weight excluding hydrogens is 173 g/mol. The number of hydrogen-bond donors (Lipinski definition) is 1. The molecule has 1 rings (SSSR count). The van der Waals surface area contributed by atoms with Gasteiger partial charge in [0.25, 0.3) is 5.91 Å². The molecule has 1 heterocycles. The Labute approximate surface area is 66.6 Å². The van der Waals surface area contributed by atoms with Gasteiger partial charge in [0.15, 0.2) is 0 Å². The van der Waals surface area contributed by atoms with Gasteiger partial charge in [0.1, 0.15) is 5.92 Å². The Kier molecular flexibility index (Phi) is 2.08. The summed E-state index contributed by atoms with van der Waals surface area (Å²) in [6, 6.07) is 0. The van der Waals surface area contributed by atoms with E-state index in [9.17, 15) is 18.0 Å². The highest BCUT2D eigenvalue weighted by atomic mass is 19.4. The molecule has 0 aliphatic carbocycles. The van der Waals surface area contributed by atoms with E-state index in [1.807, 2.05) is 5.43 Å². The van der Waals surface area contributed by atoms with Gasteiger partial charge in [-0.05, 0) is 6.92 Å². The van der Waals surface area contributed by atoms with E-state index in [1.54, 1.807) is 0 Å². The third-order valence-corrected chi connectivity index (χ3v) is 1.57. The molecule has 1 aliphatic rings. The summed E-state index contributed by atoms with van der Waals surface area (Å²) in [7, 11) is 0. The van der Waals surface area contributed by atoms with Crippen LogP contribution in [0.15, 0.2) is 5.10 Å². The average Bonchev–Trinajstić information content (AvgIpc) is 1.92. The lowest BCUT2D eigenvalue weighted by Gasteiger charge is -2.21. The average molecular weight is 180 g/mol. The molecule has 68 valence electrons. The fourth-order valence-corrected chi connectivity index (χ4v) is 0.927. The van der Waals surface area contributed by atoms with Gasteiger partial charge in [0, 0.05) is 12.1 Å². The maximum atomic E-state index is 12.0. The highest BCUT2D eigenvalue weighted by Gasteiger charge is 2.46. The van der Waals surface area contributed by atoms with Gasteiger partial charge >= 0.3 is 6.18 Å². The van der Waals surface area contributed by atoms with Crippen molar-refractivity contribution in [3.8, 4) is 0 Å². The highest BCUT2D eigenvalue weighted by molar-refractivity contribution is 5.92. The van der Waals surface area contributed by atoms with Crippen LogP contribution < -0.4 is 5.43 Å². The molecule has 1 aliphatic heterocycles. The van der Waals surface area contributed by atoms with Crippen molar-refractivity contribution in [2.45, 2.75) is 19.5 Å². The quantitative estimate of drug-likeness (QED) is 0.595. The van der Waals surface area contributed by atoms with Crippen LogP contribution in [0.25, 0.3) is 0 Å². The minimum atomic E-state index is -4.47. The monoisotopic (exact) mass is 180 g/mol. The first-order valence-electron chi connectivity index (χ1n) is 3.31. The lowest BCUT2D eigenvalue weighted by molar-refractivity contribution is -0.182. The van der Waals surface area contributed by atoms with E-state index in [2.05, 4.69) is 5.10 Å². The molecule has 1 N–H and O–H groups in total. The van der Waals surface area contributed by atoms with E-state index in [0.717, 1.165) is 0 Å². The third-order valence-electron chi connectivity index (χ3n) is 1.57. The summed E-state index contributed by atoms with van der Waals surface area (Å²) in [4.78, 5) is 10.6. The lowest BCUT2D eigenvalue weighted by atomic mass is 10.0. The molecule has 0 saturated heterocycles. The number of rotatable bonds is 0. The van der Waals surface area contributed by atoms with E-state index in [1.165, 1.54) is 6.92 Å². The van der Waals surface area contributed by atoms with Crippen molar-refractivity contribution < 1.29 is 18.0 Å². The molecule has 0 aromatic heterocycles. The fourth-order valence-electron chi connectivity index (χ4n) is 0.927. The number of carbonyl (C=O) groups excluding carboxylic acids is 1. The predicted molar refractivity (Wildman–Crippen MR) is 35.4 cm³/mol. The maximum absolute atomic E-state index is 12.0. The Morgan fingerprint density at radius 1 is 1.58 bits per heavy atom. The predicted octanol–water partition coefficient (Wildman–Crippen LogP) is 1.06. The van der Waals surface area contributed by atoms with Crippen LogP contribution in [0, 0.1) is 5.92 Å². The molecule has 1 amide bonds. The van der Waals surface area contributed by atoms with Gasteiger partial charge in [-0.25, -0.2) is 5.43 Å². The van der Waals surface area contributed by atoms with Crippen LogP contribution in [0.4, 0.5) is 13.2 Å². The minimum Gasteiger partial charge on any atom is -0.272 e. The molecule has 6 heteroatoms. The Morgan fingerprint density at radius 3 is 2.58 bits per heavy atom. The molecule has 12 heavy (non-hydrogen) atoms. The maximum Gasteiger partial charge on any atom is 0.400 e. The second-order valence-electron chi connectivity index (χ2n) is 2.62. The van der Waals surface area contributed by atoms with Crippen molar-refractivity contribution in [3.63, 3.8) is 0 Å². The van der Waals surface area contributed by atoms with E-state index < -0.39 is 18.0 Å². The van der Waals surface area contributed by atoms with Crippen LogP contribution >= 0.6 is 0 Å². The first-order chi connectivity index (χ1) is 5.41. The van der Waals surface area contributed by atoms with Gasteiger partial charge in [0.05, 0.1) is 0 Å². The Morgan fingerprint density at radius 2 is 2.17 bits per heavy atom. The number of nitrogens with zero attached hydrogens (tertiary/aromatic N) is 1. The molecule has 1 unspecified atom stereocenters. The molecule has 0 spiro atoms. The largest absolute Gasteiger partial charge is 0.400 e. The highest BCUT2D eigenvalue weighted by Crippen LogP contribution is 2.30. The van der Waals surface area contributed by atoms with Gasteiger partial charge in [-0.2, -0.15) is 18.3 Å². The zero-order valence-electron chi connectivity index (χ0n) is 6.27. The van der Waals surface area contributed by atoms with Crippen LogP contribution in [0.5, 0.6) is 0 Å². The molecule has 0 bridgehead atoms. The number of hydrogen-bond acceptors (Lipinski definition) is 2. The van der Waals surface area contributed by atoms with Gasteiger partial charge in [-0.15, -0.1) is 0 Å².